The number of carbonyl (C=O) groups is 2. The van der Waals surface area contributed by atoms with Crippen LogP contribution < -0.4 is 27.9 Å². The number of benzene rings is 3. The van der Waals surface area contributed by atoms with E-state index in [0.29, 0.717) is 36.5 Å². The van der Waals surface area contributed by atoms with Crippen LogP contribution in [-0.4, -0.2) is 110 Å². The van der Waals surface area contributed by atoms with Gasteiger partial charge in [0.1, 0.15) is 11.4 Å². The van der Waals surface area contributed by atoms with Crippen LogP contribution in [0.15, 0.2) is 112 Å². The monoisotopic (exact) mass is 997 g/mol. The molecule has 2 heterocycles. The fraction of sp³-hybridized carbons (Fsp3) is 0.200. The van der Waals surface area contributed by atoms with E-state index in [1.807, 2.05) is 95.5 Å². The van der Waals surface area contributed by atoms with Gasteiger partial charge in [-0.3, -0.25) is 28.5 Å². The molecule has 0 saturated carbocycles. The van der Waals surface area contributed by atoms with E-state index in [2.05, 4.69) is 5.32 Å². The molecule has 6 rings (SSSR count). The molecule has 5 aromatic rings. The predicted molar refractivity (Wildman–Crippen MR) is 244 cm³/mol. The molecule has 0 saturated heterocycles. The van der Waals surface area contributed by atoms with Crippen LogP contribution in [0, 0.1) is 84.9 Å². The molecule has 0 spiro atoms. The van der Waals surface area contributed by atoms with Gasteiger partial charge in [0.15, 0.2) is 11.5 Å². The summed E-state index contributed by atoms with van der Waals surface area (Å²) >= 11 is 2.50. The number of nitrogens with zero attached hydrogens (tertiary/aromatic N) is 10. The number of nitrogens with one attached hydrogen (secondary N) is 1. The van der Waals surface area contributed by atoms with Gasteiger partial charge < -0.3 is 98.0 Å². The molecular formula is C45H45FeK2N13O6. The number of aromatic nitrogens is 4. The van der Waals surface area contributed by atoms with Gasteiger partial charge in [0.05, 0.1) is 22.8 Å². The second-order valence-electron chi connectivity index (χ2n) is 12.1. The Morgan fingerprint density at radius 3 is 1.43 bits per heavy atom. The number of rotatable bonds is 8. The number of nitrogen functional groups attached to an aromatic ring is 1. The number of anilines is 2. The summed E-state index contributed by atoms with van der Waals surface area (Å²) in [6.45, 7) is 34.7. The third kappa shape index (κ3) is 21.7. The van der Waals surface area contributed by atoms with Gasteiger partial charge in [-0.15, -0.1) is 0 Å². The van der Waals surface area contributed by atoms with Crippen molar-refractivity contribution in [3.63, 3.8) is 0 Å². The molecule has 0 aliphatic heterocycles. The SMILES string of the molecule is CCCC1=CC(=O)C(=O)C=C1Nc1c(C)n(C)n(-c2ccccc2)c1=O.Cc1c(N)c(=O)n(-c2ccccc2)n1C.NCCc1ccc(O)c(O)c1.[C-]#N.[C-]#N.[C-]#N.[C-]#N.[C-]#N.[C-]#N.[Fe+6].[K][K]. The number of phenols is 2. The maximum absolute atomic E-state index is 13.0. The van der Waals surface area contributed by atoms with Crippen LogP contribution in [-0.2, 0) is 47.2 Å². The number of aromatic hydroxyl groups is 2. The number of hydrogen-bond acceptors (Lipinski definition) is 15. The molecule has 0 bridgehead atoms. The Morgan fingerprint density at radius 1 is 0.627 bits per heavy atom. The summed E-state index contributed by atoms with van der Waals surface area (Å²) in [7, 11) is 3.63. The molecule has 0 fully saturated rings. The molecule has 0 atom stereocenters. The molecule has 67 heavy (non-hydrogen) atoms. The Kier molecular flexibility index (Phi) is 43.9. The van der Waals surface area contributed by atoms with E-state index in [4.69, 9.17) is 92.7 Å². The van der Waals surface area contributed by atoms with Crippen LogP contribution >= 0.6 is 0 Å². The first-order valence-corrected chi connectivity index (χ1v) is 35.1. The quantitative estimate of drug-likeness (QED) is 0.0480. The summed E-state index contributed by atoms with van der Waals surface area (Å²) in [4.78, 5) is 48.3. The fourth-order valence-electron chi connectivity index (χ4n) is 5.52. The van der Waals surface area contributed by atoms with Gasteiger partial charge in [0.25, 0.3) is 11.1 Å². The van der Waals surface area contributed by atoms with Gasteiger partial charge in [-0.25, -0.2) is 9.36 Å². The molecule has 22 heteroatoms. The van der Waals surface area contributed by atoms with Crippen molar-refractivity contribution < 1.29 is 36.9 Å². The number of phenolic OH excluding ortho intramolecular Hbond substituents is 2. The standard InChI is InChI=1S/C20H21N3O3.C11H13N3O.C8H11NO2.6CN.Fe.2K/c1-4-8-14-11-17(24)18(25)12-16(14)21-19-13(2)22(3)23(20(19)26)15-9-6-5-7-10-15;1-8-10(12)11(15)14(13(8)2)9-6-4-3-5-7-9;9-4-3-6-1-2-7(10)8(11)5-6;6*1-2;;;/h5-7,9-12,21H,4,8H2,1-3H3;3-7H,12H2,1-2H3;1-2,5,10-11H,3-4,9H2;;;;;;;;;/q;;;6*-1;+6;;. The van der Waals surface area contributed by atoms with Gasteiger partial charge in [-0.2, -0.15) is 0 Å². The minimum atomic E-state index is -0.579. The first kappa shape index (κ1) is 70.4. The van der Waals surface area contributed by atoms with E-state index in [9.17, 15) is 19.2 Å². The average molecular weight is 998 g/mol. The molecule has 2 aromatic heterocycles. The summed E-state index contributed by atoms with van der Waals surface area (Å²) in [5.41, 5.74) is 16.6. The molecule has 19 nitrogen and oxygen atoms in total. The number of nitrogens with two attached hydrogens (primary N) is 2. The van der Waals surface area contributed by atoms with Crippen LogP contribution in [0.5, 0.6) is 11.5 Å². The fourth-order valence-corrected chi connectivity index (χ4v) is 5.52. The molecule has 0 radical (unpaired) electrons. The zero-order valence-corrected chi connectivity index (χ0v) is 45.3. The third-order valence-electron chi connectivity index (χ3n) is 8.57. The van der Waals surface area contributed by atoms with E-state index >= 15 is 0 Å². The zero-order chi connectivity index (χ0) is 52.1. The molecule has 1 aliphatic carbocycles. The summed E-state index contributed by atoms with van der Waals surface area (Å²) in [5, 5.41) is 58.6. The van der Waals surface area contributed by atoms with Gasteiger partial charge in [0.2, 0.25) is 11.6 Å². The summed E-state index contributed by atoms with van der Waals surface area (Å²) in [5.74, 6) is -1.28. The van der Waals surface area contributed by atoms with Gasteiger partial charge in [0, 0.05) is 25.9 Å². The van der Waals surface area contributed by atoms with Crippen molar-refractivity contribution in [2.45, 2.75) is 40.0 Å². The predicted octanol–water partition coefficient (Wildman–Crippen LogP) is 4.14. The Balaban J connectivity index is -0.000000268. The van der Waals surface area contributed by atoms with E-state index in [0.717, 1.165) is 40.3 Å². The zero-order valence-electron chi connectivity index (χ0n) is 38.0. The molecular weight excluding hydrogens is 953 g/mol. The normalized spacial score (nSPS) is 9.82. The Bertz CT molecular complexity index is 2520. The van der Waals surface area contributed by atoms with Gasteiger partial charge in [-0.1, -0.05) is 55.8 Å². The van der Waals surface area contributed by atoms with Crippen molar-refractivity contribution >= 4 is 86.1 Å². The molecule has 7 N–H and O–H groups in total. The van der Waals surface area contributed by atoms with E-state index < -0.39 is 11.6 Å². The van der Waals surface area contributed by atoms with E-state index in [1.54, 1.807) is 24.8 Å². The van der Waals surface area contributed by atoms with Crippen molar-refractivity contribution in [2.24, 2.45) is 19.8 Å². The van der Waals surface area contributed by atoms with Crippen LogP contribution in [0.1, 0.15) is 36.7 Å². The topological polar surface area (TPSA) is 335 Å². The summed E-state index contributed by atoms with van der Waals surface area (Å²) < 4.78 is 6.65. The Hall–Kier alpha value is -5.61. The van der Waals surface area contributed by atoms with Crippen molar-refractivity contribution in [2.75, 3.05) is 17.6 Å². The van der Waals surface area contributed by atoms with Crippen molar-refractivity contribution in [3.8, 4) is 22.9 Å². The van der Waals surface area contributed by atoms with E-state index in [-0.39, 0.29) is 39.7 Å². The number of carbonyl (C=O) groups excluding carboxylic acids is 2. The minimum absolute atomic E-state index is 0. The molecule has 0 unspecified atom stereocenters. The third-order valence-corrected chi connectivity index (χ3v) is 8.57. The van der Waals surface area contributed by atoms with Gasteiger partial charge in [-0.05, 0) is 86.8 Å². The number of ketones is 2. The average Bonchev–Trinajstić information content (AvgIpc) is 3.70. The number of hydrogen-bond donors (Lipinski definition) is 5. The van der Waals surface area contributed by atoms with Crippen LogP contribution in [0.2, 0.25) is 0 Å². The van der Waals surface area contributed by atoms with Gasteiger partial charge >= 0.3 is 80.2 Å². The first-order valence-electron chi connectivity index (χ1n) is 19.1. The van der Waals surface area contributed by atoms with Crippen molar-refractivity contribution in [1.82, 2.24) is 18.7 Å². The van der Waals surface area contributed by atoms with E-state index in [1.165, 1.54) is 87.4 Å². The van der Waals surface area contributed by atoms with Crippen LogP contribution in [0.25, 0.3) is 11.4 Å². The first-order chi connectivity index (χ1) is 31.8. The Morgan fingerprint density at radius 2 is 1.04 bits per heavy atom. The summed E-state index contributed by atoms with van der Waals surface area (Å²) in [6.07, 6.45) is 4.84. The van der Waals surface area contributed by atoms with Crippen LogP contribution in [0.3, 0.4) is 0 Å². The molecule has 3 aromatic carbocycles. The second kappa shape index (κ2) is 41.8. The van der Waals surface area contributed by atoms with Crippen LogP contribution in [0.4, 0.5) is 11.4 Å². The molecule has 1 aliphatic rings. The van der Waals surface area contributed by atoms with Crippen molar-refractivity contribution in [1.29, 1.82) is 31.6 Å². The second-order valence-corrected chi connectivity index (χ2v) is 12.1. The molecule has 336 valence electrons. The summed E-state index contributed by atoms with van der Waals surface area (Å²) in [6, 6.07) is 23.5. The van der Waals surface area contributed by atoms with Crippen molar-refractivity contribution in [3.05, 3.63) is 179 Å². The number of allylic oxidation sites excluding steroid dienone is 3. The Labute approximate surface area is 446 Å². The molecule has 0 amide bonds. The number of para-hydroxylation sites is 2. The maximum atomic E-state index is 13.0.